The fraction of sp³-hybridized carbons (Fsp3) is 0.294. The Bertz CT molecular complexity index is 869. The minimum Gasteiger partial charge on any atom is -0.491 e. The van der Waals surface area contributed by atoms with Crippen LogP contribution in [0.5, 0.6) is 5.75 Å². The van der Waals surface area contributed by atoms with Gasteiger partial charge < -0.3 is 9.30 Å². The number of aromatic nitrogens is 3. The Morgan fingerprint density at radius 2 is 2.14 bits per heavy atom. The van der Waals surface area contributed by atoms with Crippen LogP contribution < -0.4 is 4.74 Å². The number of hydrogen-bond donors (Lipinski definition) is 0. The maximum atomic E-state index is 6.03. The smallest absolute Gasteiger partial charge is 0.222 e. The average molecular weight is 314 g/mol. The average Bonchev–Trinajstić information content (AvgIpc) is 2.77. The van der Waals surface area contributed by atoms with E-state index < -0.39 is 0 Å². The molecule has 2 aromatic heterocycles. The summed E-state index contributed by atoms with van der Waals surface area (Å²) in [6, 6.07) is 8.03. The predicted octanol–water partition coefficient (Wildman–Crippen LogP) is 4.17. The Morgan fingerprint density at radius 3 is 2.95 bits per heavy atom. The summed E-state index contributed by atoms with van der Waals surface area (Å²) in [6.45, 7) is 6.04. The fourth-order valence-corrected chi connectivity index (χ4v) is 3.18. The summed E-state index contributed by atoms with van der Waals surface area (Å²) < 4.78 is 8.30. The molecule has 0 saturated heterocycles. The van der Waals surface area contributed by atoms with Gasteiger partial charge >= 0.3 is 0 Å². The molecule has 0 unspecified atom stereocenters. The summed E-state index contributed by atoms with van der Waals surface area (Å²) in [5.74, 6) is 0.925. The molecule has 0 spiro atoms. The molecule has 0 atom stereocenters. The van der Waals surface area contributed by atoms with Gasteiger partial charge in [-0.2, -0.15) is 0 Å². The van der Waals surface area contributed by atoms with E-state index in [0.717, 1.165) is 34.5 Å². The third-order valence-electron chi connectivity index (χ3n) is 3.98. The van der Waals surface area contributed by atoms with Crippen molar-refractivity contribution in [2.45, 2.75) is 20.4 Å². The van der Waals surface area contributed by atoms with Crippen molar-refractivity contribution in [3.63, 3.8) is 0 Å². The van der Waals surface area contributed by atoms with Gasteiger partial charge in [0.1, 0.15) is 5.75 Å². The van der Waals surface area contributed by atoms with Crippen LogP contribution in [0.1, 0.15) is 13.8 Å². The van der Waals surface area contributed by atoms with Crippen LogP contribution in [0.3, 0.4) is 0 Å². The second-order valence-electron chi connectivity index (χ2n) is 6.49. The normalized spacial score (nSPS) is 16.3. The van der Waals surface area contributed by atoms with Crippen molar-refractivity contribution in [2.75, 3.05) is 6.61 Å². The highest BCUT2D eigenvalue weighted by atomic mass is 35.5. The molecule has 3 aromatic rings. The zero-order valence-electron chi connectivity index (χ0n) is 12.5. The third-order valence-corrected chi connectivity index (χ3v) is 4.16. The molecule has 0 saturated carbocycles. The minimum absolute atomic E-state index is 0.0750. The Labute approximate surface area is 133 Å². The Morgan fingerprint density at radius 1 is 1.27 bits per heavy atom. The molecular weight excluding hydrogens is 298 g/mol. The molecule has 4 rings (SSSR count). The van der Waals surface area contributed by atoms with Crippen LogP contribution in [-0.4, -0.2) is 21.1 Å². The summed E-state index contributed by atoms with van der Waals surface area (Å²) in [6.07, 6.45) is 3.83. The number of ether oxygens (including phenoxy) is 1. The van der Waals surface area contributed by atoms with Crippen LogP contribution in [0.15, 0.2) is 36.7 Å². The van der Waals surface area contributed by atoms with Gasteiger partial charge in [0.15, 0.2) is 0 Å². The molecule has 0 aliphatic carbocycles. The lowest BCUT2D eigenvalue weighted by molar-refractivity contribution is 0.172. The highest BCUT2D eigenvalue weighted by Gasteiger charge is 2.27. The number of hydrogen-bond acceptors (Lipinski definition) is 3. The molecule has 1 aromatic carbocycles. The van der Waals surface area contributed by atoms with E-state index in [1.165, 1.54) is 0 Å². The molecule has 112 valence electrons. The Balaban J connectivity index is 1.99. The number of benzene rings is 1. The van der Waals surface area contributed by atoms with Crippen molar-refractivity contribution in [3.8, 4) is 17.0 Å². The summed E-state index contributed by atoms with van der Waals surface area (Å²) in [5.41, 5.74) is 3.09. The Kier molecular flexibility index (Phi) is 2.91. The molecule has 0 fully saturated rings. The quantitative estimate of drug-likeness (QED) is 0.633. The van der Waals surface area contributed by atoms with Crippen LogP contribution in [0.25, 0.3) is 22.2 Å². The summed E-state index contributed by atoms with van der Waals surface area (Å²) in [4.78, 5) is 8.31. The molecule has 0 bridgehead atoms. The van der Waals surface area contributed by atoms with Gasteiger partial charge in [-0.15, -0.1) is 0 Å². The largest absolute Gasteiger partial charge is 0.491 e. The van der Waals surface area contributed by atoms with Gasteiger partial charge in [0.05, 0.1) is 17.8 Å². The van der Waals surface area contributed by atoms with E-state index in [1.807, 2.05) is 18.2 Å². The summed E-state index contributed by atoms with van der Waals surface area (Å²) in [7, 11) is 0. The molecule has 22 heavy (non-hydrogen) atoms. The number of rotatable bonds is 1. The second kappa shape index (κ2) is 4.71. The first-order chi connectivity index (χ1) is 10.5. The van der Waals surface area contributed by atoms with Gasteiger partial charge in [0, 0.05) is 35.3 Å². The molecule has 5 heteroatoms. The van der Waals surface area contributed by atoms with E-state index in [0.29, 0.717) is 6.61 Å². The molecule has 1 aliphatic heterocycles. The van der Waals surface area contributed by atoms with Crippen molar-refractivity contribution in [2.24, 2.45) is 5.41 Å². The zero-order chi connectivity index (χ0) is 15.3. The lowest BCUT2D eigenvalue weighted by atomic mass is 9.95. The van der Waals surface area contributed by atoms with E-state index in [-0.39, 0.29) is 10.7 Å². The van der Waals surface area contributed by atoms with Crippen LogP contribution in [0.4, 0.5) is 0 Å². The third kappa shape index (κ3) is 2.15. The zero-order valence-corrected chi connectivity index (χ0v) is 13.3. The first-order valence-electron chi connectivity index (χ1n) is 7.27. The first kappa shape index (κ1) is 13.6. The highest BCUT2D eigenvalue weighted by molar-refractivity contribution is 6.28. The molecule has 0 amide bonds. The lowest BCUT2D eigenvalue weighted by Crippen LogP contribution is -2.24. The number of para-hydroxylation sites is 1. The van der Waals surface area contributed by atoms with Crippen molar-refractivity contribution in [1.29, 1.82) is 0 Å². The van der Waals surface area contributed by atoms with Crippen molar-refractivity contribution < 1.29 is 4.74 Å². The molecule has 0 N–H and O–H groups in total. The molecule has 4 nitrogen and oxygen atoms in total. The van der Waals surface area contributed by atoms with E-state index in [9.17, 15) is 0 Å². The van der Waals surface area contributed by atoms with E-state index in [4.69, 9.17) is 16.3 Å². The van der Waals surface area contributed by atoms with Crippen LogP contribution in [0.2, 0.25) is 5.28 Å². The highest BCUT2D eigenvalue weighted by Crippen LogP contribution is 2.39. The fourth-order valence-electron chi connectivity index (χ4n) is 3.04. The van der Waals surface area contributed by atoms with E-state index in [2.05, 4.69) is 40.6 Å². The Hall–Kier alpha value is -2.07. The van der Waals surface area contributed by atoms with Gasteiger partial charge in [0.2, 0.25) is 5.28 Å². The topological polar surface area (TPSA) is 39.9 Å². The lowest BCUT2D eigenvalue weighted by Gasteiger charge is -2.22. The minimum atomic E-state index is 0.0750. The summed E-state index contributed by atoms with van der Waals surface area (Å²) >= 11 is 5.95. The van der Waals surface area contributed by atoms with Gasteiger partial charge in [-0.05, 0) is 23.7 Å². The first-order valence-corrected chi connectivity index (χ1v) is 7.65. The van der Waals surface area contributed by atoms with Crippen LogP contribution >= 0.6 is 11.6 Å². The van der Waals surface area contributed by atoms with Crippen molar-refractivity contribution in [3.05, 3.63) is 41.9 Å². The second-order valence-corrected chi connectivity index (χ2v) is 6.82. The molecule has 0 radical (unpaired) electrons. The SMILES string of the molecule is CC1(C)COc2cccc3c(-c4ccnc(Cl)n4)cn(c23)C1. The van der Waals surface area contributed by atoms with E-state index in [1.54, 1.807) is 6.20 Å². The van der Waals surface area contributed by atoms with Crippen molar-refractivity contribution in [1.82, 2.24) is 14.5 Å². The summed E-state index contributed by atoms with van der Waals surface area (Å²) in [5, 5.41) is 1.39. The predicted molar refractivity (Wildman–Crippen MR) is 87.3 cm³/mol. The van der Waals surface area contributed by atoms with Crippen LogP contribution in [-0.2, 0) is 6.54 Å². The number of nitrogens with zero attached hydrogens (tertiary/aromatic N) is 3. The van der Waals surface area contributed by atoms with E-state index >= 15 is 0 Å². The van der Waals surface area contributed by atoms with Gasteiger partial charge in [-0.25, -0.2) is 9.97 Å². The van der Waals surface area contributed by atoms with Gasteiger partial charge in [-0.1, -0.05) is 26.0 Å². The van der Waals surface area contributed by atoms with Gasteiger partial charge in [0.25, 0.3) is 0 Å². The van der Waals surface area contributed by atoms with Crippen LogP contribution in [0, 0.1) is 5.41 Å². The standard InChI is InChI=1S/C17H16ClN3O/c1-17(2)9-21-8-12(13-6-7-19-16(18)20-13)11-4-3-5-14(15(11)21)22-10-17/h3-8H,9-10H2,1-2H3. The molecular formula is C17H16ClN3O. The van der Waals surface area contributed by atoms with Crippen molar-refractivity contribution >= 4 is 22.5 Å². The molecule has 1 aliphatic rings. The monoisotopic (exact) mass is 313 g/mol. The number of halogens is 1. The maximum Gasteiger partial charge on any atom is 0.222 e. The van der Waals surface area contributed by atoms with Gasteiger partial charge in [-0.3, -0.25) is 0 Å². The maximum absolute atomic E-state index is 6.03. The molecule has 3 heterocycles.